The molecule has 0 aliphatic carbocycles. The van der Waals surface area contributed by atoms with E-state index in [0.717, 1.165) is 13.0 Å². The molecule has 1 aliphatic heterocycles. The quantitative estimate of drug-likeness (QED) is 0.640. The zero-order chi connectivity index (χ0) is 8.43. The van der Waals surface area contributed by atoms with Crippen LogP contribution in [0.2, 0.25) is 0 Å². The second kappa shape index (κ2) is 3.52. The van der Waals surface area contributed by atoms with Crippen molar-refractivity contribution < 1.29 is 5.11 Å². The van der Waals surface area contributed by atoms with Gasteiger partial charge in [-0.25, -0.2) is 0 Å². The average molecular weight is 158 g/mol. The van der Waals surface area contributed by atoms with Crippen molar-refractivity contribution in [1.82, 2.24) is 9.80 Å². The molecular formula is C8H18N2O. The van der Waals surface area contributed by atoms with E-state index in [-0.39, 0.29) is 6.23 Å². The summed E-state index contributed by atoms with van der Waals surface area (Å²) < 4.78 is 0. The summed E-state index contributed by atoms with van der Waals surface area (Å²) in [5, 5.41) is 9.50. The van der Waals surface area contributed by atoms with Crippen LogP contribution in [-0.2, 0) is 0 Å². The summed E-state index contributed by atoms with van der Waals surface area (Å²) in [6, 6.07) is 0. The maximum atomic E-state index is 9.50. The first-order valence-corrected chi connectivity index (χ1v) is 4.27. The Morgan fingerprint density at radius 3 is 2.55 bits per heavy atom. The Balaban J connectivity index is 2.36. The number of hydrogen-bond acceptors (Lipinski definition) is 3. The highest BCUT2D eigenvalue weighted by Gasteiger charge is 2.33. The Morgan fingerprint density at radius 1 is 1.64 bits per heavy atom. The van der Waals surface area contributed by atoms with Gasteiger partial charge in [0.15, 0.2) is 0 Å². The Labute approximate surface area is 68.6 Å². The van der Waals surface area contributed by atoms with E-state index >= 15 is 0 Å². The molecule has 3 nitrogen and oxygen atoms in total. The third-order valence-corrected chi connectivity index (χ3v) is 2.37. The lowest BCUT2D eigenvalue weighted by Gasteiger charge is -2.47. The van der Waals surface area contributed by atoms with Crippen molar-refractivity contribution in [3.63, 3.8) is 0 Å². The van der Waals surface area contributed by atoms with Crippen LogP contribution in [0.3, 0.4) is 0 Å². The van der Waals surface area contributed by atoms with Crippen LogP contribution in [0.4, 0.5) is 0 Å². The third-order valence-electron chi connectivity index (χ3n) is 2.37. The van der Waals surface area contributed by atoms with Gasteiger partial charge < -0.3 is 5.11 Å². The van der Waals surface area contributed by atoms with E-state index in [9.17, 15) is 5.11 Å². The zero-order valence-electron chi connectivity index (χ0n) is 7.62. The molecule has 0 aromatic rings. The highest BCUT2D eigenvalue weighted by molar-refractivity contribution is 4.81. The van der Waals surface area contributed by atoms with Gasteiger partial charge in [-0.3, -0.25) is 9.80 Å². The molecule has 1 heterocycles. The highest BCUT2D eigenvalue weighted by atomic mass is 16.3. The summed E-state index contributed by atoms with van der Waals surface area (Å²) in [7, 11) is 4.11. The van der Waals surface area contributed by atoms with Gasteiger partial charge in [0.25, 0.3) is 0 Å². The van der Waals surface area contributed by atoms with Gasteiger partial charge >= 0.3 is 0 Å². The van der Waals surface area contributed by atoms with Crippen molar-refractivity contribution in [2.45, 2.75) is 32.2 Å². The maximum absolute atomic E-state index is 9.50. The van der Waals surface area contributed by atoms with E-state index < -0.39 is 0 Å². The molecule has 1 rings (SSSR count). The number of hydrogen-bond donors (Lipinski definition) is 1. The van der Waals surface area contributed by atoms with Gasteiger partial charge in [0.05, 0.1) is 6.17 Å². The summed E-state index contributed by atoms with van der Waals surface area (Å²) in [5.41, 5.74) is 0. The summed E-state index contributed by atoms with van der Waals surface area (Å²) >= 11 is 0. The van der Waals surface area contributed by atoms with Gasteiger partial charge in [0, 0.05) is 6.54 Å². The fourth-order valence-corrected chi connectivity index (χ4v) is 1.53. The Bertz CT molecular complexity index is 127. The van der Waals surface area contributed by atoms with E-state index in [1.54, 1.807) is 0 Å². The number of likely N-dealkylation sites (tertiary alicyclic amines) is 1. The number of aliphatic hydroxyl groups excluding tert-OH is 1. The molecule has 2 atom stereocenters. The third kappa shape index (κ3) is 1.72. The van der Waals surface area contributed by atoms with Crippen molar-refractivity contribution in [2.24, 2.45) is 0 Å². The Kier molecular flexibility index (Phi) is 2.87. The number of rotatable bonds is 3. The molecule has 0 saturated carbocycles. The topological polar surface area (TPSA) is 26.7 Å². The molecule has 2 unspecified atom stereocenters. The zero-order valence-corrected chi connectivity index (χ0v) is 7.62. The van der Waals surface area contributed by atoms with Crippen LogP contribution >= 0.6 is 0 Å². The first kappa shape index (κ1) is 8.97. The number of nitrogens with zero attached hydrogens (tertiary/aromatic N) is 2. The average Bonchev–Trinajstić information content (AvgIpc) is 1.83. The minimum Gasteiger partial charge on any atom is -0.378 e. The monoisotopic (exact) mass is 158 g/mol. The van der Waals surface area contributed by atoms with Crippen LogP contribution in [0.1, 0.15) is 19.8 Å². The van der Waals surface area contributed by atoms with Crippen molar-refractivity contribution in [3.8, 4) is 0 Å². The lowest BCUT2D eigenvalue weighted by atomic mass is 10.1. The minimum absolute atomic E-state index is 0.240. The van der Waals surface area contributed by atoms with Crippen molar-refractivity contribution >= 4 is 0 Å². The second-order valence-electron chi connectivity index (χ2n) is 3.36. The lowest BCUT2D eigenvalue weighted by molar-refractivity contribution is -0.120. The molecule has 1 N–H and O–H groups in total. The van der Waals surface area contributed by atoms with Crippen LogP contribution in [0.25, 0.3) is 0 Å². The van der Waals surface area contributed by atoms with Crippen LogP contribution in [0, 0.1) is 0 Å². The summed E-state index contributed by atoms with van der Waals surface area (Å²) in [6.45, 7) is 3.05. The van der Waals surface area contributed by atoms with E-state index in [0.29, 0.717) is 6.17 Å². The van der Waals surface area contributed by atoms with Gasteiger partial charge in [-0.1, -0.05) is 6.92 Å². The predicted molar refractivity (Wildman–Crippen MR) is 45.1 cm³/mol. The molecule has 0 radical (unpaired) electrons. The van der Waals surface area contributed by atoms with Crippen molar-refractivity contribution in [2.75, 3.05) is 20.6 Å². The first-order chi connectivity index (χ1) is 5.16. The van der Waals surface area contributed by atoms with Gasteiger partial charge in [0.1, 0.15) is 6.23 Å². The van der Waals surface area contributed by atoms with E-state index in [1.165, 1.54) is 6.42 Å². The Morgan fingerprint density at radius 2 is 2.27 bits per heavy atom. The molecule has 0 aromatic carbocycles. The Hall–Kier alpha value is -0.120. The fraction of sp³-hybridized carbons (Fsp3) is 1.00. The predicted octanol–water partition coefficient (Wildman–Crippen LogP) is 0.308. The van der Waals surface area contributed by atoms with Crippen molar-refractivity contribution in [1.29, 1.82) is 0 Å². The minimum atomic E-state index is -0.240. The molecule has 1 fully saturated rings. The van der Waals surface area contributed by atoms with E-state index in [4.69, 9.17) is 0 Å². The molecule has 0 bridgehead atoms. The van der Waals surface area contributed by atoms with Gasteiger partial charge in [-0.2, -0.15) is 0 Å². The molecule has 0 spiro atoms. The van der Waals surface area contributed by atoms with Crippen LogP contribution in [0.5, 0.6) is 0 Å². The van der Waals surface area contributed by atoms with Gasteiger partial charge in [-0.05, 0) is 26.9 Å². The summed E-state index contributed by atoms with van der Waals surface area (Å²) in [6.07, 6.45) is 2.23. The molecule has 11 heavy (non-hydrogen) atoms. The normalized spacial score (nSPS) is 28.6. The largest absolute Gasteiger partial charge is 0.378 e. The van der Waals surface area contributed by atoms with Gasteiger partial charge in [0.2, 0.25) is 0 Å². The maximum Gasteiger partial charge on any atom is 0.108 e. The molecule has 3 heteroatoms. The highest BCUT2D eigenvalue weighted by Crippen LogP contribution is 2.21. The van der Waals surface area contributed by atoms with Gasteiger partial charge in [-0.15, -0.1) is 0 Å². The molecule has 1 aliphatic rings. The van der Waals surface area contributed by atoms with Crippen LogP contribution in [0.15, 0.2) is 0 Å². The van der Waals surface area contributed by atoms with Crippen molar-refractivity contribution in [3.05, 3.63) is 0 Å². The molecule has 66 valence electrons. The second-order valence-corrected chi connectivity index (χ2v) is 3.36. The van der Waals surface area contributed by atoms with E-state index in [1.807, 2.05) is 6.92 Å². The number of aliphatic hydroxyl groups is 1. The standard InChI is InChI=1S/C8H18N2O/c1-4-8(11)10-6-5-7(10)9(2)3/h7-8,11H,4-6H2,1-3H3. The SMILES string of the molecule is CCC(O)N1CCC1N(C)C. The molecule has 1 saturated heterocycles. The van der Waals surface area contributed by atoms with Crippen LogP contribution < -0.4 is 0 Å². The molecule has 0 amide bonds. The lowest BCUT2D eigenvalue weighted by Crippen LogP contribution is -2.59. The van der Waals surface area contributed by atoms with E-state index in [2.05, 4.69) is 23.9 Å². The summed E-state index contributed by atoms with van der Waals surface area (Å²) in [5.74, 6) is 0. The first-order valence-electron chi connectivity index (χ1n) is 4.27. The fourth-order valence-electron chi connectivity index (χ4n) is 1.53. The molecular weight excluding hydrogens is 140 g/mol. The van der Waals surface area contributed by atoms with Crippen LogP contribution in [-0.4, -0.2) is 47.9 Å². The smallest absolute Gasteiger partial charge is 0.108 e. The molecule has 0 aromatic heterocycles. The summed E-state index contributed by atoms with van der Waals surface area (Å²) in [4.78, 5) is 4.28.